The molecule has 4 nitrogen and oxygen atoms in total. The molecule has 5 heteroatoms. The molecule has 1 aromatic carbocycles. The van der Waals surface area contributed by atoms with Gasteiger partial charge in [0.2, 0.25) is 0 Å². The van der Waals surface area contributed by atoms with Crippen molar-refractivity contribution in [1.82, 2.24) is 0 Å². The number of carboxylic acids is 1. The van der Waals surface area contributed by atoms with E-state index in [2.05, 4.69) is 21.2 Å². The molecule has 1 rings (SSSR count). The molecule has 0 atom stereocenters. The van der Waals surface area contributed by atoms with Gasteiger partial charge in [0.05, 0.1) is 6.61 Å². The van der Waals surface area contributed by atoms with E-state index >= 15 is 0 Å². The van der Waals surface area contributed by atoms with Crippen molar-refractivity contribution < 1.29 is 14.6 Å². The summed E-state index contributed by atoms with van der Waals surface area (Å²) in [4.78, 5) is 10.3. The van der Waals surface area contributed by atoms with Gasteiger partial charge in [0.1, 0.15) is 0 Å². The summed E-state index contributed by atoms with van der Waals surface area (Å²) in [6.07, 6.45) is 2.67. The van der Waals surface area contributed by atoms with Crippen LogP contribution in [0.25, 0.3) is 0 Å². The number of benzene rings is 1. The van der Waals surface area contributed by atoms with Crippen LogP contribution in [0, 0.1) is 0 Å². The van der Waals surface area contributed by atoms with Crippen molar-refractivity contribution in [3.63, 3.8) is 0 Å². The highest BCUT2D eigenvalue weighted by molar-refractivity contribution is 9.10. The topological polar surface area (TPSA) is 58.6 Å². The van der Waals surface area contributed by atoms with E-state index in [0.717, 1.165) is 21.8 Å². The van der Waals surface area contributed by atoms with Gasteiger partial charge in [-0.2, -0.15) is 0 Å². The number of aliphatic carboxylic acids is 1. The van der Waals surface area contributed by atoms with Gasteiger partial charge in [-0.3, -0.25) is 0 Å². The first-order valence-corrected chi connectivity index (χ1v) is 5.84. The summed E-state index contributed by atoms with van der Waals surface area (Å²) >= 11 is 3.45. The average molecular weight is 300 g/mol. The molecule has 0 unspecified atom stereocenters. The number of hydrogen-bond donors (Lipinski definition) is 2. The molecule has 0 heterocycles. The number of halogens is 1. The van der Waals surface area contributed by atoms with Gasteiger partial charge < -0.3 is 15.2 Å². The highest BCUT2D eigenvalue weighted by Gasteiger charge is 2.05. The Kier molecular flexibility index (Phi) is 5.72. The highest BCUT2D eigenvalue weighted by Crippen LogP contribution is 2.25. The third-order valence-corrected chi connectivity index (χ3v) is 2.82. The molecule has 0 radical (unpaired) electrons. The molecule has 0 spiro atoms. The number of hydrogen-bond acceptors (Lipinski definition) is 3. The van der Waals surface area contributed by atoms with Crippen LogP contribution < -0.4 is 5.32 Å². The summed E-state index contributed by atoms with van der Waals surface area (Å²) in [6, 6.07) is 5.77. The van der Waals surface area contributed by atoms with Gasteiger partial charge in [0.25, 0.3) is 0 Å². The number of anilines is 1. The summed E-state index contributed by atoms with van der Waals surface area (Å²) in [5, 5.41) is 11.6. The molecule has 0 aliphatic rings. The summed E-state index contributed by atoms with van der Waals surface area (Å²) in [5.74, 6) is -0.946. The molecular weight excluding hydrogens is 286 g/mol. The SMILES string of the molecule is COCc1c(Br)cccc1NC/C=C/C(=O)O. The van der Waals surface area contributed by atoms with Crippen LogP contribution in [0.2, 0.25) is 0 Å². The van der Waals surface area contributed by atoms with Crippen molar-refractivity contribution in [1.29, 1.82) is 0 Å². The zero-order valence-corrected chi connectivity index (χ0v) is 11.0. The van der Waals surface area contributed by atoms with E-state index in [1.54, 1.807) is 13.2 Å². The largest absolute Gasteiger partial charge is 0.478 e. The van der Waals surface area contributed by atoms with E-state index in [1.165, 1.54) is 0 Å². The van der Waals surface area contributed by atoms with Gasteiger partial charge in [-0.15, -0.1) is 0 Å². The molecule has 0 aliphatic heterocycles. The van der Waals surface area contributed by atoms with Crippen LogP contribution in [-0.2, 0) is 16.1 Å². The molecule has 0 amide bonds. The van der Waals surface area contributed by atoms with Gasteiger partial charge in [-0.25, -0.2) is 4.79 Å². The fraction of sp³-hybridized carbons (Fsp3) is 0.250. The van der Waals surface area contributed by atoms with Crippen molar-refractivity contribution in [3.05, 3.63) is 40.4 Å². The summed E-state index contributed by atoms with van der Waals surface area (Å²) < 4.78 is 6.08. The minimum Gasteiger partial charge on any atom is -0.478 e. The number of methoxy groups -OCH3 is 1. The number of carboxylic acid groups (broad SMARTS) is 1. The van der Waals surface area contributed by atoms with Crippen LogP contribution in [0.15, 0.2) is 34.8 Å². The molecule has 0 fully saturated rings. The van der Waals surface area contributed by atoms with E-state index in [9.17, 15) is 4.79 Å². The minimum absolute atomic E-state index is 0.458. The predicted molar refractivity (Wildman–Crippen MR) is 70.1 cm³/mol. The Balaban J connectivity index is 2.69. The minimum atomic E-state index is -0.946. The van der Waals surface area contributed by atoms with Gasteiger partial charge >= 0.3 is 5.97 Å². The lowest BCUT2D eigenvalue weighted by Gasteiger charge is -2.11. The zero-order valence-electron chi connectivity index (χ0n) is 9.44. The monoisotopic (exact) mass is 299 g/mol. The second-order valence-electron chi connectivity index (χ2n) is 3.32. The average Bonchev–Trinajstić information content (AvgIpc) is 2.28. The van der Waals surface area contributed by atoms with Crippen LogP contribution in [-0.4, -0.2) is 24.7 Å². The Labute approximate surface area is 108 Å². The van der Waals surface area contributed by atoms with Crippen LogP contribution in [0.4, 0.5) is 5.69 Å². The van der Waals surface area contributed by atoms with E-state index in [4.69, 9.17) is 9.84 Å². The first-order chi connectivity index (χ1) is 8.15. The second kappa shape index (κ2) is 7.09. The van der Waals surface area contributed by atoms with Crippen LogP contribution >= 0.6 is 15.9 Å². The van der Waals surface area contributed by atoms with Crippen molar-refractivity contribution >= 4 is 27.6 Å². The molecule has 92 valence electrons. The highest BCUT2D eigenvalue weighted by atomic mass is 79.9. The van der Waals surface area contributed by atoms with Gasteiger partial charge in [0.15, 0.2) is 0 Å². The lowest BCUT2D eigenvalue weighted by molar-refractivity contribution is -0.131. The summed E-state index contributed by atoms with van der Waals surface area (Å²) in [7, 11) is 1.63. The Bertz CT molecular complexity index is 418. The maximum atomic E-state index is 10.3. The number of ether oxygens (including phenoxy) is 1. The maximum Gasteiger partial charge on any atom is 0.328 e. The molecular formula is C12H14BrNO3. The standard InChI is InChI=1S/C12H14BrNO3/c1-17-8-9-10(13)4-2-5-11(9)14-7-3-6-12(15)16/h2-6,14H,7-8H2,1H3,(H,15,16)/b6-3+. The molecule has 17 heavy (non-hydrogen) atoms. The van der Waals surface area contributed by atoms with Crippen molar-refractivity contribution in [2.75, 3.05) is 19.0 Å². The van der Waals surface area contributed by atoms with Crippen molar-refractivity contribution in [3.8, 4) is 0 Å². The number of carbonyl (C=O) groups is 1. The fourth-order valence-corrected chi connectivity index (χ4v) is 1.82. The van der Waals surface area contributed by atoms with Gasteiger partial charge in [-0.1, -0.05) is 28.1 Å². The molecule has 0 aromatic heterocycles. The smallest absolute Gasteiger partial charge is 0.328 e. The molecule has 0 saturated carbocycles. The normalized spacial score (nSPS) is 10.7. The Morgan fingerprint density at radius 2 is 2.35 bits per heavy atom. The van der Waals surface area contributed by atoms with Crippen molar-refractivity contribution in [2.24, 2.45) is 0 Å². The first kappa shape index (κ1) is 13.7. The second-order valence-corrected chi connectivity index (χ2v) is 4.17. The fourth-order valence-electron chi connectivity index (χ4n) is 1.34. The lowest BCUT2D eigenvalue weighted by Crippen LogP contribution is -2.04. The Morgan fingerprint density at radius 1 is 1.59 bits per heavy atom. The van der Waals surface area contributed by atoms with Crippen LogP contribution in [0.3, 0.4) is 0 Å². The predicted octanol–water partition coefficient (Wildman–Crippen LogP) is 2.65. The van der Waals surface area contributed by atoms with E-state index in [1.807, 2.05) is 18.2 Å². The van der Waals surface area contributed by atoms with Crippen molar-refractivity contribution in [2.45, 2.75) is 6.61 Å². The van der Waals surface area contributed by atoms with Gasteiger partial charge in [-0.05, 0) is 12.1 Å². The lowest BCUT2D eigenvalue weighted by atomic mass is 10.2. The molecule has 1 aromatic rings. The van der Waals surface area contributed by atoms with Gasteiger partial charge in [0, 0.05) is 35.5 Å². The number of rotatable bonds is 6. The first-order valence-electron chi connectivity index (χ1n) is 5.05. The quantitative estimate of drug-likeness (QED) is 0.793. The maximum absolute atomic E-state index is 10.3. The van der Waals surface area contributed by atoms with E-state index < -0.39 is 5.97 Å². The summed E-state index contributed by atoms with van der Waals surface area (Å²) in [6.45, 7) is 0.950. The third kappa shape index (κ3) is 4.58. The molecule has 2 N–H and O–H groups in total. The molecule has 0 aliphatic carbocycles. The molecule has 0 bridgehead atoms. The Hall–Kier alpha value is -1.33. The zero-order chi connectivity index (χ0) is 12.7. The summed E-state index contributed by atoms with van der Waals surface area (Å²) in [5.41, 5.74) is 1.94. The van der Waals surface area contributed by atoms with Crippen LogP contribution in [0.5, 0.6) is 0 Å². The van der Waals surface area contributed by atoms with Crippen LogP contribution in [0.1, 0.15) is 5.56 Å². The Morgan fingerprint density at radius 3 is 3.00 bits per heavy atom. The van der Waals surface area contributed by atoms with E-state index in [0.29, 0.717) is 13.2 Å². The molecule has 0 saturated heterocycles. The number of nitrogens with one attached hydrogen (secondary N) is 1. The van der Waals surface area contributed by atoms with E-state index in [-0.39, 0.29) is 0 Å². The third-order valence-electron chi connectivity index (χ3n) is 2.08.